The highest BCUT2D eigenvalue weighted by atomic mass is 19.1. The minimum atomic E-state index is -0.453. The van der Waals surface area contributed by atoms with Crippen molar-refractivity contribution in [1.29, 1.82) is 10.5 Å². The maximum Gasteiger partial charge on any atom is 0.177 e. The molecule has 1 aromatic carbocycles. The van der Waals surface area contributed by atoms with Gasteiger partial charge in [0.15, 0.2) is 11.4 Å². The first-order valence-electron chi connectivity index (χ1n) is 5.08. The van der Waals surface area contributed by atoms with E-state index < -0.39 is 5.82 Å². The summed E-state index contributed by atoms with van der Waals surface area (Å²) in [5.41, 5.74) is 6.26. The van der Waals surface area contributed by atoms with Crippen molar-refractivity contribution >= 4 is 0 Å². The van der Waals surface area contributed by atoms with Crippen molar-refractivity contribution in [3.05, 3.63) is 47.3 Å². The topological polar surface area (TPSA) is 91.4 Å². The number of nitrogens with zero attached hydrogens (tertiary/aromatic N) is 4. The lowest BCUT2D eigenvalue weighted by Gasteiger charge is -2.10. The van der Waals surface area contributed by atoms with Gasteiger partial charge in [0.25, 0.3) is 0 Å². The van der Waals surface area contributed by atoms with Gasteiger partial charge in [-0.1, -0.05) is 6.07 Å². The molecule has 6 heteroatoms. The molecule has 0 saturated heterocycles. The van der Waals surface area contributed by atoms with Crippen molar-refractivity contribution < 1.29 is 4.39 Å². The summed E-state index contributed by atoms with van der Waals surface area (Å²) in [7, 11) is 0. The van der Waals surface area contributed by atoms with Crippen LogP contribution < -0.4 is 5.73 Å². The highest BCUT2D eigenvalue weighted by Gasteiger charge is 2.15. The Morgan fingerprint density at radius 3 is 2.72 bits per heavy atom. The van der Waals surface area contributed by atoms with Crippen LogP contribution in [0.25, 0.3) is 5.69 Å². The number of aromatic nitrogens is 2. The fraction of sp³-hybridized carbons (Fsp3) is 0.0833. The van der Waals surface area contributed by atoms with Gasteiger partial charge in [-0.3, -0.25) is 4.57 Å². The van der Waals surface area contributed by atoms with Crippen LogP contribution in [0.3, 0.4) is 0 Å². The minimum Gasteiger partial charge on any atom is -0.326 e. The lowest BCUT2D eigenvalue weighted by molar-refractivity contribution is 0.608. The second-order valence-electron chi connectivity index (χ2n) is 3.48. The van der Waals surface area contributed by atoms with Crippen molar-refractivity contribution in [3.63, 3.8) is 0 Å². The smallest absolute Gasteiger partial charge is 0.177 e. The molecule has 18 heavy (non-hydrogen) atoms. The summed E-state index contributed by atoms with van der Waals surface area (Å²) in [5, 5.41) is 17.8. The third-order valence-electron chi connectivity index (χ3n) is 2.54. The van der Waals surface area contributed by atoms with Crippen LogP contribution in [-0.2, 0) is 6.54 Å². The molecule has 0 fully saturated rings. The number of imidazole rings is 1. The zero-order valence-corrected chi connectivity index (χ0v) is 9.26. The van der Waals surface area contributed by atoms with Gasteiger partial charge in [0.1, 0.15) is 24.3 Å². The van der Waals surface area contributed by atoms with E-state index in [9.17, 15) is 4.39 Å². The van der Waals surface area contributed by atoms with Crippen LogP contribution in [0.15, 0.2) is 24.5 Å². The van der Waals surface area contributed by atoms with E-state index >= 15 is 0 Å². The van der Waals surface area contributed by atoms with E-state index in [4.69, 9.17) is 16.3 Å². The molecule has 0 unspecified atom stereocenters. The molecule has 0 bridgehead atoms. The van der Waals surface area contributed by atoms with Crippen molar-refractivity contribution in [3.8, 4) is 17.8 Å². The normalized spacial score (nSPS) is 9.78. The van der Waals surface area contributed by atoms with Gasteiger partial charge >= 0.3 is 0 Å². The quantitative estimate of drug-likeness (QED) is 0.855. The molecule has 0 aliphatic carbocycles. The molecular weight excluding hydrogens is 233 g/mol. The molecule has 0 aliphatic rings. The van der Waals surface area contributed by atoms with Crippen LogP contribution in [0.1, 0.15) is 17.0 Å². The summed E-state index contributed by atoms with van der Waals surface area (Å²) in [4.78, 5) is 3.80. The Morgan fingerprint density at radius 1 is 1.33 bits per heavy atom. The van der Waals surface area contributed by atoms with E-state index in [0.717, 1.165) is 0 Å². The van der Waals surface area contributed by atoms with Crippen LogP contribution >= 0.6 is 0 Å². The number of nitrogens with two attached hydrogens (primary N) is 1. The molecule has 2 aromatic rings. The molecule has 1 heterocycles. The van der Waals surface area contributed by atoms with Crippen molar-refractivity contribution in [1.82, 2.24) is 9.55 Å². The van der Waals surface area contributed by atoms with Crippen LogP contribution in [0.2, 0.25) is 0 Å². The average Bonchev–Trinajstić information content (AvgIpc) is 2.80. The first-order chi connectivity index (χ1) is 8.72. The Balaban J connectivity index is 2.72. The van der Waals surface area contributed by atoms with Gasteiger partial charge in [0.05, 0.1) is 5.69 Å². The summed E-state index contributed by atoms with van der Waals surface area (Å²) in [5.74, 6) is -0.453. The highest BCUT2D eigenvalue weighted by Crippen LogP contribution is 2.20. The van der Waals surface area contributed by atoms with Gasteiger partial charge in [-0.2, -0.15) is 10.5 Å². The zero-order chi connectivity index (χ0) is 13.1. The third kappa shape index (κ3) is 1.71. The van der Waals surface area contributed by atoms with E-state index in [1.165, 1.54) is 23.0 Å². The van der Waals surface area contributed by atoms with Gasteiger partial charge in [-0.15, -0.1) is 0 Å². The largest absolute Gasteiger partial charge is 0.326 e. The first-order valence-corrected chi connectivity index (χ1v) is 5.08. The van der Waals surface area contributed by atoms with Crippen molar-refractivity contribution in [2.24, 2.45) is 5.73 Å². The maximum atomic E-state index is 13.6. The highest BCUT2D eigenvalue weighted by molar-refractivity contribution is 5.48. The summed E-state index contributed by atoms with van der Waals surface area (Å²) in [6.07, 6.45) is 1.31. The van der Waals surface area contributed by atoms with Gasteiger partial charge < -0.3 is 5.73 Å². The zero-order valence-electron chi connectivity index (χ0n) is 9.26. The predicted octanol–water partition coefficient (Wildman–Crippen LogP) is 1.21. The van der Waals surface area contributed by atoms with Crippen molar-refractivity contribution in [2.45, 2.75) is 6.54 Å². The Hall–Kier alpha value is -2.70. The Morgan fingerprint density at radius 2 is 2.11 bits per heavy atom. The molecule has 0 atom stereocenters. The fourth-order valence-corrected chi connectivity index (χ4v) is 1.69. The monoisotopic (exact) mass is 241 g/mol. The molecule has 2 N–H and O–H groups in total. The molecule has 5 nitrogen and oxygen atoms in total. The van der Waals surface area contributed by atoms with E-state index in [0.29, 0.717) is 5.69 Å². The molecule has 88 valence electrons. The number of hydrogen-bond acceptors (Lipinski definition) is 4. The van der Waals surface area contributed by atoms with Crippen molar-refractivity contribution in [2.75, 3.05) is 0 Å². The lowest BCUT2D eigenvalue weighted by Crippen LogP contribution is -2.07. The summed E-state index contributed by atoms with van der Waals surface area (Å²) < 4.78 is 15.0. The lowest BCUT2D eigenvalue weighted by atomic mass is 10.1. The first kappa shape index (κ1) is 11.8. The van der Waals surface area contributed by atoms with Crippen LogP contribution in [0.4, 0.5) is 4.39 Å². The SMILES string of the molecule is N#Cc1ncn(-c2cccc(F)c2CN)c1C#N. The van der Waals surface area contributed by atoms with Crippen LogP contribution in [0.5, 0.6) is 0 Å². The summed E-state index contributed by atoms with van der Waals surface area (Å²) >= 11 is 0. The Bertz CT molecular complexity index is 675. The summed E-state index contributed by atoms with van der Waals surface area (Å²) in [6, 6.07) is 8.11. The summed E-state index contributed by atoms with van der Waals surface area (Å²) in [6.45, 7) is -0.00700. The van der Waals surface area contributed by atoms with E-state index in [1.54, 1.807) is 6.07 Å². The van der Waals surface area contributed by atoms with Gasteiger partial charge in [0.2, 0.25) is 0 Å². The van der Waals surface area contributed by atoms with Gasteiger partial charge in [0, 0.05) is 12.1 Å². The second kappa shape index (κ2) is 4.66. The molecule has 1 aromatic heterocycles. The number of rotatable bonds is 2. The molecule has 0 spiro atoms. The molecule has 0 radical (unpaired) electrons. The number of halogens is 1. The predicted molar refractivity (Wildman–Crippen MR) is 60.8 cm³/mol. The molecule has 0 aliphatic heterocycles. The van der Waals surface area contributed by atoms with E-state index in [1.807, 2.05) is 12.1 Å². The van der Waals surface area contributed by atoms with Crippen LogP contribution in [0, 0.1) is 28.5 Å². The number of hydrogen-bond donors (Lipinski definition) is 1. The van der Waals surface area contributed by atoms with E-state index in [-0.39, 0.29) is 23.5 Å². The second-order valence-corrected chi connectivity index (χ2v) is 3.48. The number of nitriles is 2. The molecular formula is C12H8FN5. The standard InChI is InChI=1S/C12H8FN5/c13-9-2-1-3-11(8(9)4-14)18-7-17-10(5-15)12(18)6-16/h1-3,7H,4,14H2. The molecule has 0 saturated carbocycles. The van der Waals surface area contributed by atoms with Gasteiger partial charge in [-0.05, 0) is 12.1 Å². The molecule has 2 rings (SSSR count). The van der Waals surface area contributed by atoms with E-state index in [2.05, 4.69) is 4.98 Å². The Labute approximate surface area is 103 Å². The number of benzene rings is 1. The van der Waals surface area contributed by atoms with Gasteiger partial charge in [-0.25, -0.2) is 9.37 Å². The Kier molecular flexibility index (Phi) is 3.05. The third-order valence-corrected chi connectivity index (χ3v) is 2.54. The molecule has 0 amide bonds. The maximum absolute atomic E-state index is 13.6. The van der Waals surface area contributed by atoms with Crippen LogP contribution in [-0.4, -0.2) is 9.55 Å². The fourth-order valence-electron chi connectivity index (χ4n) is 1.69. The minimum absolute atomic E-state index is 0.00438. The average molecular weight is 241 g/mol.